The number of aryl methyl sites for hydroxylation is 1. The summed E-state index contributed by atoms with van der Waals surface area (Å²) in [6, 6.07) is 11.8. The van der Waals surface area contributed by atoms with Gasteiger partial charge in [0.15, 0.2) is 0 Å². The van der Waals surface area contributed by atoms with Gasteiger partial charge in [-0.05, 0) is 42.7 Å². The normalized spacial score (nSPS) is 10.4. The lowest BCUT2D eigenvalue weighted by Crippen LogP contribution is -2.27. The molecule has 4 heteroatoms. The summed E-state index contributed by atoms with van der Waals surface area (Å²) in [5.74, 6) is 0.717. The van der Waals surface area contributed by atoms with Crippen molar-refractivity contribution in [2.45, 2.75) is 33.1 Å². The molecule has 1 N–H and O–H groups in total. The lowest BCUT2D eigenvalue weighted by atomic mass is 10.1. The number of carbonyl (C=O) groups is 1. The van der Waals surface area contributed by atoms with Gasteiger partial charge in [-0.15, -0.1) is 0 Å². The minimum atomic E-state index is 0.0326. The van der Waals surface area contributed by atoms with Gasteiger partial charge in [0.05, 0.1) is 0 Å². The maximum absolute atomic E-state index is 12.4. The molecule has 0 aliphatic rings. The van der Waals surface area contributed by atoms with Gasteiger partial charge in [0, 0.05) is 31.0 Å². The standard InChI is InChI=1S/C19H25N3O/c1-4-6-13-22(3)19(23)16-11-12-20-18(14-16)21-17-9-7-15(5-2)8-10-17/h7-12,14H,4-6,13H2,1-3H3,(H,20,21). The smallest absolute Gasteiger partial charge is 0.253 e. The van der Waals surface area contributed by atoms with Gasteiger partial charge in [-0.1, -0.05) is 32.4 Å². The zero-order valence-corrected chi connectivity index (χ0v) is 14.2. The number of benzene rings is 1. The topological polar surface area (TPSA) is 45.2 Å². The number of hydrogen-bond donors (Lipinski definition) is 1. The number of rotatable bonds is 7. The van der Waals surface area contributed by atoms with E-state index in [0.29, 0.717) is 11.4 Å². The van der Waals surface area contributed by atoms with E-state index in [0.717, 1.165) is 31.5 Å². The van der Waals surface area contributed by atoms with Crippen LogP contribution in [0.25, 0.3) is 0 Å². The number of aromatic nitrogens is 1. The highest BCUT2D eigenvalue weighted by atomic mass is 16.2. The van der Waals surface area contributed by atoms with Crippen molar-refractivity contribution in [3.05, 3.63) is 53.7 Å². The Balaban J connectivity index is 2.08. The Morgan fingerprint density at radius 2 is 1.91 bits per heavy atom. The number of nitrogens with one attached hydrogen (secondary N) is 1. The minimum Gasteiger partial charge on any atom is -0.342 e. The zero-order chi connectivity index (χ0) is 16.7. The second-order valence-electron chi connectivity index (χ2n) is 5.69. The highest BCUT2D eigenvalue weighted by Crippen LogP contribution is 2.17. The van der Waals surface area contributed by atoms with Crippen LogP contribution >= 0.6 is 0 Å². The van der Waals surface area contributed by atoms with Crippen LogP contribution in [0.3, 0.4) is 0 Å². The van der Waals surface area contributed by atoms with Crippen molar-refractivity contribution < 1.29 is 4.79 Å². The van der Waals surface area contributed by atoms with E-state index in [-0.39, 0.29) is 5.91 Å². The van der Waals surface area contributed by atoms with E-state index in [1.54, 1.807) is 23.2 Å². The van der Waals surface area contributed by atoms with E-state index in [2.05, 4.69) is 36.3 Å². The number of nitrogens with zero attached hydrogens (tertiary/aromatic N) is 2. The summed E-state index contributed by atoms with van der Waals surface area (Å²) < 4.78 is 0. The molecule has 1 heterocycles. The molecule has 1 aromatic heterocycles. The van der Waals surface area contributed by atoms with Crippen LogP contribution in [0.15, 0.2) is 42.6 Å². The van der Waals surface area contributed by atoms with Gasteiger partial charge in [0.25, 0.3) is 5.91 Å². The lowest BCUT2D eigenvalue weighted by molar-refractivity contribution is 0.0793. The largest absolute Gasteiger partial charge is 0.342 e. The SMILES string of the molecule is CCCCN(C)C(=O)c1ccnc(Nc2ccc(CC)cc2)c1. The minimum absolute atomic E-state index is 0.0326. The van der Waals surface area contributed by atoms with Crippen LogP contribution in [0.1, 0.15) is 42.6 Å². The maximum atomic E-state index is 12.4. The summed E-state index contributed by atoms with van der Waals surface area (Å²) in [6.07, 6.45) is 4.78. The second-order valence-corrected chi connectivity index (χ2v) is 5.69. The van der Waals surface area contributed by atoms with Crippen LogP contribution in [-0.4, -0.2) is 29.4 Å². The lowest BCUT2D eigenvalue weighted by Gasteiger charge is -2.17. The molecule has 0 spiro atoms. The van der Waals surface area contributed by atoms with Crippen LogP contribution in [0.2, 0.25) is 0 Å². The molecule has 0 bridgehead atoms. The van der Waals surface area contributed by atoms with Gasteiger partial charge in [0.1, 0.15) is 5.82 Å². The Hall–Kier alpha value is -2.36. The summed E-state index contributed by atoms with van der Waals surface area (Å²) >= 11 is 0. The van der Waals surface area contributed by atoms with Crippen molar-refractivity contribution in [3.8, 4) is 0 Å². The van der Waals surface area contributed by atoms with Gasteiger partial charge in [-0.25, -0.2) is 4.98 Å². The molecule has 0 atom stereocenters. The Bertz CT molecular complexity index is 637. The van der Waals surface area contributed by atoms with E-state index in [9.17, 15) is 4.79 Å². The monoisotopic (exact) mass is 311 g/mol. The average molecular weight is 311 g/mol. The third-order valence-corrected chi connectivity index (χ3v) is 3.84. The molecule has 1 amide bonds. The van der Waals surface area contributed by atoms with Crippen LogP contribution in [0, 0.1) is 0 Å². The van der Waals surface area contributed by atoms with Crippen molar-refractivity contribution >= 4 is 17.4 Å². The first kappa shape index (κ1) is 17.0. The van der Waals surface area contributed by atoms with Crippen molar-refractivity contribution in [1.82, 2.24) is 9.88 Å². The van der Waals surface area contributed by atoms with E-state index in [4.69, 9.17) is 0 Å². The van der Waals surface area contributed by atoms with Gasteiger partial charge in [-0.2, -0.15) is 0 Å². The molecule has 0 aliphatic heterocycles. The molecule has 0 radical (unpaired) electrons. The van der Waals surface area contributed by atoms with E-state index >= 15 is 0 Å². The van der Waals surface area contributed by atoms with Crippen LogP contribution in [0.5, 0.6) is 0 Å². The van der Waals surface area contributed by atoms with Crippen LogP contribution < -0.4 is 5.32 Å². The molecular weight excluding hydrogens is 286 g/mol. The molecule has 0 saturated carbocycles. The fourth-order valence-electron chi connectivity index (χ4n) is 2.32. The molecule has 2 aromatic rings. The van der Waals surface area contributed by atoms with Gasteiger partial charge >= 0.3 is 0 Å². The summed E-state index contributed by atoms with van der Waals surface area (Å²) in [5.41, 5.74) is 2.93. The molecule has 4 nitrogen and oxygen atoms in total. The summed E-state index contributed by atoms with van der Waals surface area (Å²) in [7, 11) is 1.84. The quantitative estimate of drug-likeness (QED) is 0.831. The molecule has 23 heavy (non-hydrogen) atoms. The highest BCUT2D eigenvalue weighted by Gasteiger charge is 2.12. The first-order valence-electron chi connectivity index (χ1n) is 8.21. The average Bonchev–Trinajstić information content (AvgIpc) is 2.60. The maximum Gasteiger partial charge on any atom is 0.253 e. The Morgan fingerprint density at radius 3 is 2.57 bits per heavy atom. The molecule has 0 fully saturated rings. The fourth-order valence-corrected chi connectivity index (χ4v) is 2.32. The van der Waals surface area contributed by atoms with Gasteiger partial charge in [-0.3, -0.25) is 4.79 Å². The fraction of sp³-hybridized carbons (Fsp3) is 0.368. The van der Waals surface area contributed by atoms with E-state index in [1.165, 1.54) is 5.56 Å². The third-order valence-electron chi connectivity index (χ3n) is 3.84. The molecule has 0 unspecified atom stereocenters. The highest BCUT2D eigenvalue weighted by molar-refractivity contribution is 5.94. The number of hydrogen-bond acceptors (Lipinski definition) is 3. The van der Waals surface area contributed by atoms with Crippen LogP contribution in [0.4, 0.5) is 11.5 Å². The Kier molecular flexibility index (Phi) is 6.15. The molecule has 0 aliphatic carbocycles. The van der Waals surface area contributed by atoms with Crippen LogP contribution in [-0.2, 0) is 6.42 Å². The molecule has 2 rings (SSSR count). The van der Waals surface area contributed by atoms with Crippen molar-refractivity contribution in [1.29, 1.82) is 0 Å². The van der Waals surface area contributed by atoms with E-state index in [1.807, 2.05) is 19.2 Å². The number of pyridine rings is 1. The predicted molar refractivity (Wildman–Crippen MR) is 95.2 cm³/mol. The number of amides is 1. The van der Waals surface area contributed by atoms with E-state index < -0.39 is 0 Å². The molecular formula is C19H25N3O. The number of carbonyl (C=O) groups excluding carboxylic acids is 1. The first-order chi connectivity index (χ1) is 11.1. The Labute approximate surface area is 138 Å². The molecule has 122 valence electrons. The van der Waals surface area contributed by atoms with Crippen molar-refractivity contribution in [2.75, 3.05) is 18.9 Å². The summed E-state index contributed by atoms with van der Waals surface area (Å²) in [4.78, 5) is 18.5. The summed E-state index contributed by atoms with van der Waals surface area (Å²) in [6.45, 7) is 5.03. The third kappa shape index (κ3) is 4.81. The van der Waals surface area contributed by atoms with Crippen molar-refractivity contribution in [3.63, 3.8) is 0 Å². The van der Waals surface area contributed by atoms with Gasteiger partial charge < -0.3 is 10.2 Å². The second kappa shape index (κ2) is 8.32. The predicted octanol–water partition coefficient (Wildman–Crippen LogP) is 4.26. The zero-order valence-electron chi connectivity index (χ0n) is 14.2. The first-order valence-corrected chi connectivity index (χ1v) is 8.21. The van der Waals surface area contributed by atoms with Crippen molar-refractivity contribution in [2.24, 2.45) is 0 Å². The summed E-state index contributed by atoms with van der Waals surface area (Å²) in [5, 5.41) is 3.25. The molecule has 1 aromatic carbocycles. The molecule has 0 saturated heterocycles. The number of anilines is 2. The Morgan fingerprint density at radius 1 is 1.17 bits per heavy atom. The number of unbranched alkanes of at least 4 members (excludes halogenated alkanes) is 1. The van der Waals surface area contributed by atoms with Gasteiger partial charge in [0.2, 0.25) is 0 Å².